The van der Waals surface area contributed by atoms with E-state index in [0.29, 0.717) is 5.82 Å². The molecule has 0 radical (unpaired) electrons. The van der Waals surface area contributed by atoms with Crippen molar-refractivity contribution in [2.45, 2.75) is 62.3 Å². The number of rotatable bonds is 0. The average Bonchev–Trinajstić information content (AvgIpc) is 3.98. The molecule has 9 rings (SSSR count). The van der Waals surface area contributed by atoms with Gasteiger partial charge in [0, 0.05) is 50.8 Å². The van der Waals surface area contributed by atoms with E-state index in [1.807, 2.05) is 83.2 Å². The molecule has 9 heterocycles. The minimum atomic E-state index is 0.676. The number of nitrogens with one attached hydrogen (secondary N) is 2. The highest BCUT2D eigenvalue weighted by molar-refractivity contribution is 7.07. The van der Waals surface area contributed by atoms with Crippen molar-refractivity contribution in [1.29, 1.82) is 0 Å². The third-order valence-corrected chi connectivity index (χ3v) is 7.32. The van der Waals surface area contributed by atoms with E-state index in [9.17, 15) is 0 Å². The Morgan fingerprint density at radius 3 is 1.65 bits per heavy atom. The molecular formula is C31H42N16O3S4. The van der Waals surface area contributed by atoms with Crippen LogP contribution in [0.15, 0.2) is 90.9 Å². The molecule has 0 unspecified atom stereocenters. The van der Waals surface area contributed by atoms with Gasteiger partial charge in [0.2, 0.25) is 6.39 Å². The van der Waals surface area contributed by atoms with Crippen molar-refractivity contribution in [1.82, 2.24) is 79.1 Å². The number of imidazole rings is 1. The standard InChI is InChI=1S/C4H6N2.C4H5NO.2C4H5NS.C3H5N3.2C3H4N2O.2C3H4N2S/c1-4-2-5-3-6-4;1-4-2-5-6-3-4;1-4-2-6-3-5-4;1-4-2-5-6-3-4;1-3-4-2-5-6-3;1-3-4-2-6-5-3;1-3-2-6-5-4-3;1-3-4-2-6-5-3;1-3-2-6-5-4-3/h2-3H,1H3,(H,5,6);3*2-3H,1H3;2H,1H3,(H,4,5,6);4*2H,1H3. The Morgan fingerprint density at radius 2 is 1.48 bits per heavy atom. The lowest BCUT2D eigenvalue weighted by Crippen LogP contribution is -1.68. The third-order valence-electron chi connectivity index (χ3n) is 4.72. The van der Waals surface area contributed by atoms with E-state index in [-0.39, 0.29) is 0 Å². The summed E-state index contributed by atoms with van der Waals surface area (Å²) in [5.41, 5.74) is 9.89. The zero-order chi connectivity index (χ0) is 39.7. The first-order chi connectivity index (χ1) is 26.0. The lowest BCUT2D eigenvalue weighted by molar-refractivity contribution is 0.392. The molecule has 2 N–H and O–H groups in total. The molecule has 0 atom stereocenters. The van der Waals surface area contributed by atoms with Crippen LogP contribution in [0.25, 0.3) is 0 Å². The second-order valence-electron chi connectivity index (χ2n) is 9.89. The van der Waals surface area contributed by atoms with Gasteiger partial charge in [-0.05, 0) is 102 Å². The van der Waals surface area contributed by atoms with Crippen LogP contribution in [0.2, 0.25) is 0 Å². The van der Waals surface area contributed by atoms with Gasteiger partial charge in [0.25, 0.3) is 0 Å². The molecule has 0 aliphatic heterocycles. The number of aromatic nitrogens is 16. The van der Waals surface area contributed by atoms with Crippen LogP contribution >= 0.6 is 45.9 Å². The fourth-order valence-electron chi connectivity index (χ4n) is 2.25. The maximum Gasteiger partial charge on any atom is 0.213 e. The van der Waals surface area contributed by atoms with Crippen molar-refractivity contribution in [3.8, 4) is 0 Å². The predicted molar refractivity (Wildman–Crippen MR) is 207 cm³/mol. The van der Waals surface area contributed by atoms with Crippen molar-refractivity contribution >= 4 is 45.9 Å². The Hall–Kier alpha value is -5.78. The first kappa shape index (κ1) is 46.2. The van der Waals surface area contributed by atoms with Gasteiger partial charge in [-0.2, -0.15) is 14.5 Å². The molecular weight excluding hydrogens is 773 g/mol. The number of H-pyrrole nitrogens is 2. The van der Waals surface area contributed by atoms with Gasteiger partial charge in [0.05, 0.1) is 23.7 Å². The smallest absolute Gasteiger partial charge is 0.213 e. The van der Waals surface area contributed by atoms with Crippen LogP contribution in [0, 0.1) is 62.3 Å². The zero-order valence-corrected chi connectivity index (χ0v) is 34.4. The first-order valence-electron chi connectivity index (χ1n) is 15.3. The zero-order valence-electron chi connectivity index (χ0n) is 31.1. The number of hydrogen-bond acceptors (Lipinski definition) is 21. The highest BCUT2D eigenvalue weighted by Crippen LogP contribution is 1.96. The molecule has 0 spiro atoms. The Kier molecular flexibility index (Phi) is 26.4. The summed E-state index contributed by atoms with van der Waals surface area (Å²) in [5.74, 6) is 2.39. The monoisotopic (exact) mass is 814 g/mol. The molecule has 9 aromatic heterocycles. The quantitative estimate of drug-likeness (QED) is 0.154. The summed E-state index contributed by atoms with van der Waals surface area (Å²) in [6.07, 6.45) is 12.8. The molecule has 0 bridgehead atoms. The van der Waals surface area contributed by atoms with Crippen molar-refractivity contribution < 1.29 is 13.6 Å². The van der Waals surface area contributed by atoms with E-state index in [4.69, 9.17) is 0 Å². The highest BCUT2D eigenvalue weighted by atomic mass is 32.1. The van der Waals surface area contributed by atoms with E-state index in [2.05, 4.69) is 92.7 Å². The van der Waals surface area contributed by atoms with E-state index in [1.54, 1.807) is 48.8 Å². The molecule has 288 valence electrons. The summed E-state index contributed by atoms with van der Waals surface area (Å²) in [5, 5.41) is 29.4. The van der Waals surface area contributed by atoms with E-state index < -0.39 is 0 Å². The maximum absolute atomic E-state index is 4.46. The lowest BCUT2D eigenvalue weighted by Gasteiger charge is -1.67. The molecule has 0 amide bonds. The maximum atomic E-state index is 4.46. The fourth-order valence-corrected chi connectivity index (χ4v) is 4.18. The second-order valence-corrected chi connectivity index (χ2v) is 12.5. The fraction of sp³-hybridized carbons (Fsp3) is 0.290. The SMILES string of the molecule is Cc1cnc[nH]1.Cc1cnoc1.Cc1cnsc1.Cc1conn1.Cc1cscn1.Cc1csnn1.Cc1ncn[nH]1.Cc1ncon1.Cc1ncsn1. The minimum Gasteiger partial charge on any atom is -0.365 e. The largest absolute Gasteiger partial charge is 0.365 e. The molecule has 23 heteroatoms. The van der Waals surface area contributed by atoms with Gasteiger partial charge in [0.1, 0.15) is 41.7 Å². The molecule has 0 aliphatic rings. The summed E-state index contributed by atoms with van der Waals surface area (Å²) >= 11 is 5.88. The Morgan fingerprint density at radius 1 is 0.648 bits per heavy atom. The Bertz CT molecular complexity index is 1470. The predicted octanol–water partition coefficient (Wildman–Crippen LogP) is 7.17. The normalized spacial score (nSPS) is 8.83. The Balaban J connectivity index is 0.000000304. The van der Waals surface area contributed by atoms with Crippen LogP contribution in [-0.4, -0.2) is 79.1 Å². The van der Waals surface area contributed by atoms with Crippen molar-refractivity contribution in [2.75, 3.05) is 0 Å². The van der Waals surface area contributed by atoms with Gasteiger partial charge in [-0.15, -0.1) is 21.5 Å². The van der Waals surface area contributed by atoms with Crippen LogP contribution < -0.4 is 0 Å². The molecule has 0 saturated carbocycles. The second kappa shape index (κ2) is 30.8. The molecule has 0 aliphatic carbocycles. The summed E-state index contributed by atoms with van der Waals surface area (Å²) in [6.45, 7) is 17.1. The molecule has 0 aromatic carbocycles. The van der Waals surface area contributed by atoms with Gasteiger partial charge >= 0.3 is 0 Å². The average molecular weight is 815 g/mol. The number of thiazole rings is 1. The lowest BCUT2D eigenvalue weighted by atomic mass is 10.4. The number of aryl methyl sites for hydroxylation is 9. The summed E-state index contributed by atoms with van der Waals surface area (Å²) in [4.78, 5) is 21.8. The van der Waals surface area contributed by atoms with Crippen molar-refractivity contribution in [2.24, 2.45) is 0 Å². The summed E-state index contributed by atoms with van der Waals surface area (Å²) in [6, 6.07) is 0. The van der Waals surface area contributed by atoms with Crippen molar-refractivity contribution in [3.05, 3.63) is 129 Å². The van der Waals surface area contributed by atoms with Crippen LogP contribution in [-0.2, 0) is 0 Å². The van der Waals surface area contributed by atoms with Crippen molar-refractivity contribution in [3.63, 3.8) is 0 Å². The third kappa shape index (κ3) is 28.9. The van der Waals surface area contributed by atoms with E-state index in [0.717, 1.165) is 40.0 Å². The van der Waals surface area contributed by atoms with Crippen LogP contribution in [0.1, 0.15) is 51.4 Å². The van der Waals surface area contributed by atoms with E-state index >= 15 is 0 Å². The number of hydrogen-bond donors (Lipinski definition) is 2. The minimum absolute atomic E-state index is 0.676. The first-order valence-corrected chi connectivity index (χ1v) is 18.8. The molecule has 0 fully saturated rings. The van der Waals surface area contributed by atoms with Crippen LogP contribution in [0.5, 0.6) is 0 Å². The van der Waals surface area contributed by atoms with Gasteiger partial charge in [-0.25, -0.2) is 19.3 Å². The molecule has 54 heavy (non-hydrogen) atoms. The number of aromatic amines is 2. The van der Waals surface area contributed by atoms with Gasteiger partial charge in [-0.3, -0.25) is 10.1 Å². The summed E-state index contributed by atoms with van der Waals surface area (Å²) in [7, 11) is 0. The molecule has 19 nitrogen and oxygen atoms in total. The van der Waals surface area contributed by atoms with Crippen LogP contribution in [0.3, 0.4) is 0 Å². The van der Waals surface area contributed by atoms with Gasteiger partial charge in [0.15, 0.2) is 5.82 Å². The van der Waals surface area contributed by atoms with Gasteiger partial charge < -0.3 is 18.6 Å². The summed E-state index contributed by atoms with van der Waals surface area (Å²) < 4.78 is 24.5. The highest BCUT2D eigenvalue weighted by Gasteiger charge is 1.82. The Labute approximate surface area is 328 Å². The number of nitrogens with zero attached hydrogens (tertiary/aromatic N) is 14. The van der Waals surface area contributed by atoms with Crippen LogP contribution in [0.4, 0.5) is 0 Å². The van der Waals surface area contributed by atoms with Gasteiger partial charge in [-0.1, -0.05) is 14.8 Å². The topological polar surface area (TPSA) is 251 Å². The molecule has 0 saturated heterocycles. The molecule has 9 aromatic rings. The van der Waals surface area contributed by atoms with E-state index in [1.165, 1.54) is 59.1 Å².